The summed E-state index contributed by atoms with van der Waals surface area (Å²) in [4.78, 5) is 9.46. The van der Waals surface area contributed by atoms with Crippen LogP contribution in [0.5, 0.6) is 0 Å². The van der Waals surface area contributed by atoms with Crippen LogP contribution in [-0.4, -0.2) is 45.8 Å². The monoisotopic (exact) mass is 415 g/mol. The highest BCUT2D eigenvalue weighted by Gasteiger charge is 2.19. The van der Waals surface area contributed by atoms with Gasteiger partial charge in [-0.25, -0.2) is 22.7 Å². The molecule has 0 aliphatic heterocycles. The van der Waals surface area contributed by atoms with Gasteiger partial charge in [-0.3, -0.25) is 4.40 Å². The highest BCUT2D eigenvalue weighted by molar-refractivity contribution is 7.98. The summed E-state index contributed by atoms with van der Waals surface area (Å²) in [6, 6.07) is 11.1. The van der Waals surface area contributed by atoms with Gasteiger partial charge in [-0.05, 0) is 37.3 Å². The number of hydrogen-bond acceptors (Lipinski definition) is 5. The molecule has 0 spiro atoms. The van der Waals surface area contributed by atoms with Crippen LogP contribution < -0.4 is 0 Å². The van der Waals surface area contributed by atoms with E-state index >= 15 is 0 Å². The number of hydrogen-bond donors (Lipinski definition) is 0. The van der Waals surface area contributed by atoms with E-state index in [1.807, 2.05) is 41.1 Å². The molecule has 3 aromatic heterocycles. The van der Waals surface area contributed by atoms with Crippen molar-refractivity contribution >= 4 is 38.3 Å². The van der Waals surface area contributed by atoms with Gasteiger partial charge < -0.3 is 4.57 Å². The molecule has 4 aromatic rings. The van der Waals surface area contributed by atoms with E-state index in [-0.39, 0.29) is 4.90 Å². The fourth-order valence-corrected chi connectivity index (χ4v) is 4.98. The topological polar surface area (TPSA) is 72.5 Å². The van der Waals surface area contributed by atoms with Gasteiger partial charge in [0.25, 0.3) is 0 Å². The molecule has 0 saturated carbocycles. The van der Waals surface area contributed by atoms with Crippen molar-refractivity contribution in [2.24, 2.45) is 0 Å². The number of thioether (sulfide) groups is 1. The zero-order valence-corrected chi connectivity index (χ0v) is 17.5. The lowest BCUT2D eigenvalue weighted by molar-refractivity contribution is 0.521. The fraction of sp³-hybridized carbons (Fsp3) is 0.263. The third-order valence-corrected chi connectivity index (χ3v) is 7.40. The second-order valence-electron chi connectivity index (χ2n) is 6.54. The Bertz CT molecular complexity index is 1260. The first kappa shape index (κ1) is 19.0. The van der Waals surface area contributed by atoms with E-state index in [4.69, 9.17) is 4.98 Å². The van der Waals surface area contributed by atoms with Crippen LogP contribution in [0.3, 0.4) is 0 Å². The van der Waals surface area contributed by atoms with Crippen molar-refractivity contribution in [1.82, 2.24) is 23.2 Å². The minimum atomic E-state index is -3.49. The van der Waals surface area contributed by atoms with Crippen molar-refractivity contribution in [2.45, 2.75) is 29.3 Å². The Labute approximate surface area is 168 Å². The third kappa shape index (κ3) is 3.19. The molecule has 0 unspecified atom stereocenters. The third-order valence-electron chi connectivity index (χ3n) is 4.63. The van der Waals surface area contributed by atoms with Crippen molar-refractivity contribution in [2.75, 3.05) is 14.1 Å². The van der Waals surface area contributed by atoms with Crippen LogP contribution in [-0.2, 0) is 22.3 Å². The minimum absolute atomic E-state index is 0.254. The first-order valence-corrected chi connectivity index (χ1v) is 11.3. The largest absolute Gasteiger partial charge is 0.328 e. The fourth-order valence-electron chi connectivity index (χ4n) is 3.15. The molecule has 0 radical (unpaired) electrons. The van der Waals surface area contributed by atoms with Crippen molar-refractivity contribution in [3.63, 3.8) is 0 Å². The molecule has 0 atom stereocenters. The molecule has 146 valence electrons. The van der Waals surface area contributed by atoms with Crippen LogP contribution in [0.25, 0.3) is 16.6 Å². The summed E-state index contributed by atoms with van der Waals surface area (Å²) in [5.74, 6) is 1.54. The van der Waals surface area contributed by atoms with Crippen LogP contribution in [0.15, 0.2) is 58.8 Å². The highest BCUT2D eigenvalue weighted by Crippen LogP contribution is 2.27. The van der Waals surface area contributed by atoms with E-state index in [0.29, 0.717) is 11.3 Å². The molecule has 0 aliphatic carbocycles. The molecule has 9 heteroatoms. The first-order chi connectivity index (χ1) is 13.4. The number of nitrogens with zero attached hydrogens (tertiary/aromatic N) is 5. The van der Waals surface area contributed by atoms with Gasteiger partial charge in [0.05, 0.1) is 33.4 Å². The second kappa shape index (κ2) is 7.23. The van der Waals surface area contributed by atoms with Gasteiger partial charge in [0.2, 0.25) is 10.0 Å². The van der Waals surface area contributed by atoms with E-state index in [1.54, 1.807) is 23.9 Å². The minimum Gasteiger partial charge on any atom is -0.328 e. The van der Waals surface area contributed by atoms with E-state index < -0.39 is 10.0 Å². The van der Waals surface area contributed by atoms with Crippen LogP contribution in [0.4, 0.5) is 0 Å². The van der Waals surface area contributed by atoms with E-state index in [0.717, 1.165) is 28.6 Å². The molecular formula is C19H21N5O2S2. The molecule has 3 heterocycles. The van der Waals surface area contributed by atoms with Crippen LogP contribution in [0.2, 0.25) is 0 Å². The summed E-state index contributed by atoms with van der Waals surface area (Å²) >= 11 is 1.61. The molecular weight excluding hydrogens is 394 g/mol. The van der Waals surface area contributed by atoms with Gasteiger partial charge in [0, 0.05) is 26.8 Å². The maximum Gasteiger partial charge on any atom is 0.242 e. The number of benzene rings is 1. The van der Waals surface area contributed by atoms with Crippen molar-refractivity contribution in [3.05, 3.63) is 54.6 Å². The number of aromatic nitrogens is 4. The number of fused-ring (bicyclic) bond motifs is 2. The predicted octanol–water partition coefficient (Wildman–Crippen LogP) is 3.25. The summed E-state index contributed by atoms with van der Waals surface area (Å²) in [6.45, 7) is 2.82. The Kier molecular flexibility index (Phi) is 4.90. The van der Waals surface area contributed by atoms with E-state index in [9.17, 15) is 8.42 Å². The molecule has 7 nitrogen and oxygen atoms in total. The average molecular weight is 416 g/mol. The number of pyridine rings is 1. The van der Waals surface area contributed by atoms with Crippen LogP contribution >= 0.6 is 11.8 Å². The van der Waals surface area contributed by atoms with Crippen LogP contribution in [0.1, 0.15) is 12.7 Å². The SMILES string of the molecule is CCn1c(CSc2ncc3ccccn23)nc2cc(S(=O)(=O)N(C)C)ccc21. The van der Waals surface area contributed by atoms with Crippen molar-refractivity contribution in [3.8, 4) is 0 Å². The average Bonchev–Trinajstić information content (AvgIpc) is 3.26. The van der Waals surface area contributed by atoms with Gasteiger partial charge in [-0.2, -0.15) is 0 Å². The van der Waals surface area contributed by atoms with Crippen molar-refractivity contribution < 1.29 is 8.42 Å². The summed E-state index contributed by atoms with van der Waals surface area (Å²) < 4.78 is 30.2. The Morgan fingerprint density at radius 1 is 1.18 bits per heavy atom. The normalized spacial score (nSPS) is 12.4. The zero-order chi connectivity index (χ0) is 19.9. The van der Waals surface area contributed by atoms with E-state index in [1.165, 1.54) is 18.4 Å². The Morgan fingerprint density at radius 3 is 2.75 bits per heavy atom. The molecule has 4 rings (SSSR count). The molecule has 0 N–H and O–H groups in total. The summed E-state index contributed by atoms with van der Waals surface area (Å²) in [5.41, 5.74) is 2.67. The second-order valence-corrected chi connectivity index (χ2v) is 9.63. The van der Waals surface area contributed by atoms with Gasteiger partial charge in [0.15, 0.2) is 5.16 Å². The van der Waals surface area contributed by atoms with Gasteiger partial charge in [-0.15, -0.1) is 0 Å². The zero-order valence-electron chi connectivity index (χ0n) is 15.9. The maximum atomic E-state index is 12.4. The molecule has 1 aromatic carbocycles. The number of imidazole rings is 2. The summed E-state index contributed by atoms with van der Waals surface area (Å²) in [5, 5.41) is 0.904. The van der Waals surface area contributed by atoms with Crippen LogP contribution in [0, 0.1) is 0 Å². The lowest BCUT2D eigenvalue weighted by atomic mass is 10.3. The Morgan fingerprint density at radius 2 is 2.00 bits per heavy atom. The number of rotatable bonds is 6. The molecule has 0 saturated heterocycles. The lowest BCUT2D eigenvalue weighted by Gasteiger charge is -2.11. The first-order valence-electron chi connectivity index (χ1n) is 8.88. The quantitative estimate of drug-likeness (QED) is 0.452. The molecule has 0 fully saturated rings. The van der Waals surface area contributed by atoms with Gasteiger partial charge in [-0.1, -0.05) is 17.8 Å². The Hall–Kier alpha value is -2.36. The van der Waals surface area contributed by atoms with Gasteiger partial charge in [0.1, 0.15) is 5.82 Å². The number of aryl methyl sites for hydroxylation is 1. The molecule has 0 aliphatic rings. The molecule has 0 bridgehead atoms. The summed E-state index contributed by atoms with van der Waals surface area (Å²) in [7, 11) is -0.427. The maximum absolute atomic E-state index is 12.4. The van der Waals surface area contributed by atoms with Crippen molar-refractivity contribution in [1.29, 1.82) is 0 Å². The lowest BCUT2D eigenvalue weighted by Crippen LogP contribution is -2.22. The smallest absolute Gasteiger partial charge is 0.242 e. The van der Waals surface area contributed by atoms with E-state index in [2.05, 4.69) is 16.5 Å². The Balaban J connectivity index is 1.69. The molecule has 0 amide bonds. The standard InChI is InChI=1S/C19H21N5O2S2/c1-4-23-17-9-8-15(28(25,26)22(2)3)11-16(17)21-18(23)13-27-19-20-12-14-7-5-6-10-24(14)19/h5-12H,4,13H2,1-3H3. The predicted molar refractivity (Wildman–Crippen MR) is 111 cm³/mol. The molecule has 28 heavy (non-hydrogen) atoms. The highest BCUT2D eigenvalue weighted by atomic mass is 32.2. The van der Waals surface area contributed by atoms with Gasteiger partial charge >= 0.3 is 0 Å². The summed E-state index contributed by atoms with van der Waals surface area (Å²) in [6.07, 6.45) is 3.84. The number of sulfonamides is 1.